The van der Waals surface area contributed by atoms with Crippen molar-refractivity contribution in [3.63, 3.8) is 0 Å². The van der Waals surface area contributed by atoms with Crippen molar-refractivity contribution in [1.29, 1.82) is 0 Å². The summed E-state index contributed by atoms with van der Waals surface area (Å²) in [6, 6.07) is 5.33. The Morgan fingerprint density at radius 3 is 2.90 bits per heavy atom. The molecule has 2 aromatic rings. The van der Waals surface area contributed by atoms with Gasteiger partial charge in [0.2, 0.25) is 0 Å². The van der Waals surface area contributed by atoms with E-state index in [4.69, 9.17) is 4.74 Å². The van der Waals surface area contributed by atoms with Crippen LogP contribution in [-0.4, -0.2) is 27.2 Å². The number of halogens is 1. The van der Waals surface area contributed by atoms with Crippen molar-refractivity contribution < 1.29 is 13.9 Å². The van der Waals surface area contributed by atoms with E-state index in [0.29, 0.717) is 11.6 Å². The summed E-state index contributed by atoms with van der Waals surface area (Å²) < 4.78 is 18.4. The van der Waals surface area contributed by atoms with Crippen LogP contribution in [0.15, 0.2) is 30.6 Å². The van der Waals surface area contributed by atoms with Crippen molar-refractivity contribution in [3.8, 4) is 5.75 Å². The average Bonchev–Trinajstić information content (AvgIpc) is 2.92. The summed E-state index contributed by atoms with van der Waals surface area (Å²) in [7, 11) is 0. The molecular weight excluding hydrogens is 263 g/mol. The normalized spacial score (nSPS) is 13.6. The Morgan fingerprint density at radius 2 is 2.25 bits per heavy atom. The molecular formula is C13H15FN4O2. The number of aromatic amines is 1. The molecule has 1 heterocycles. The fourth-order valence-electron chi connectivity index (χ4n) is 1.62. The van der Waals surface area contributed by atoms with Crippen LogP contribution in [-0.2, 0) is 4.79 Å². The molecule has 0 radical (unpaired) electrons. The van der Waals surface area contributed by atoms with Crippen LogP contribution in [0.3, 0.4) is 0 Å². The Bertz CT molecular complexity index is 574. The molecule has 2 atom stereocenters. The first-order valence-corrected chi connectivity index (χ1v) is 6.14. The van der Waals surface area contributed by atoms with E-state index in [-0.39, 0.29) is 11.9 Å². The predicted molar refractivity (Wildman–Crippen MR) is 69.4 cm³/mol. The first-order valence-electron chi connectivity index (χ1n) is 6.14. The van der Waals surface area contributed by atoms with Gasteiger partial charge in [-0.25, -0.2) is 9.37 Å². The van der Waals surface area contributed by atoms with E-state index in [9.17, 15) is 9.18 Å². The summed E-state index contributed by atoms with van der Waals surface area (Å²) in [4.78, 5) is 15.9. The van der Waals surface area contributed by atoms with Crippen molar-refractivity contribution in [1.82, 2.24) is 20.5 Å². The van der Waals surface area contributed by atoms with E-state index in [1.54, 1.807) is 19.9 Å². The van der Waals surface area contributed by atoms with Gasteiger partial charge in [-0.15, -0.1) is 0 Å². The zero-order valence-corrected chi connectivity index (χ0v) is 11.1. The van der Waals surface area contributed by atoms with Gasteiger partial charge in [0, 0.05) is 6.07 Å². The summed E-state index contributed by atoms with van der Waals surface area (Å²) in [5.41, 5.74) is 0. The first-order chi connectivity index (χ1) is 9.56. The largest absolute Gasteiger partial charge is 0.481 e. The van der Waals surface area contributed by atoms with Crippen LogP contribution in [0, 0.1) is 5.82 Å². The molecule has 20 heavy (non-hydrogen) atoms. The molecule has 2 N–H and O–H groups in total. The van der Waals surface area contributed by atoms with Crippen molar-refractivity contribution >= 4 is 5.91 Å². The summed E-state index contributed by atoms with van der Waals surface area (Å²) in [5.74, 6) is 0.125. The third-order valence-corrected chi connectivity index (χ3v) is 2.68. The van der Waals surface area contributed by atoms with Gasteiger partial charge in [-0.2, -0.15) is 5.10 Å². The Balaban J connectivity index is 1.92. The van der Waals surface area contributed by atoms with Crippen LogP contribution in [0.2, 0.25) is 0 Å². The molecule has 2 rings (SSSR count). The highest BCUT2D eigenvalue weighted by Gasteiger charge is 2.19. The van der Waals surface area contributed by atoms with Gasteiger partial charge in [-0.1, -0.05) is 6.07 Å². The third-order valence-electron chi connectivity index (χ3n) is 2.68. The molecule has 0 bridgehead atoms. The average molecular weight is 278 g/mol. The fraction of sp³-hybridized carbons (Fsp3) is 0.308. The second kappa shape index (κ2) is 6.14. The Labute approximate surface area is 115 Å². The number of hydrogen-bond donors (Lipinski definition) is 2. The number of nitrogens with zero attached hydrogens (tertiary/aromatic N) is 2. The van der Waals surface area contributed by atoms with Crippen molar-refractivity contribution in [2.75, 3.05) is 0 Å². The molecule has 0 aliphatic rings. The van der Waals surface area contributed by atoms with Gasteiger partial charge in [0.15, 0.2) is 6.10 Å². The van der Waals surface area contributed by atoms with Crippen LogP contribution in [0.4, 0.5) is 4.39 Å². The molecule has 0 spiro atoms. The molecule has 0 aliphatic carbocycles. The quantitative estimate of drug-likeness (QED) is 0.870. The summed E-state index contributed by atoms with van der Waals surface area (Å²) in [5, 5.41) is 9.11. The summed E-state index contributed by atoms with van der Waals surface area (Å²) in [6.45, 7) is 3.36. The topological polar surface area (TPSA) is 79.9 Å². The lowest BCUT2D eigenvalue weighted by atomic mass is 10.2. The zero-order chi connectivity index (χ0) is 14.5. The van der Waals surface area contributed by atoms with E-state index < -0.39 is 11.9 Å². The van der Waals surface area contributed by atoms with Crippen LogP contribution in [0.25, 0.3) is 0 Å². The Hall–Kier alpha value is -2.44. The van der Waals surface area contributed by atoms with Crippen LogP contribution < -0.4 is 10.1 Å². The summed E-state index contributed by atoms with van der Waals surface area (Å²) >= 11 is 0. The summed E-state index contributed by atoms with van der Waals surface area (Å²) in [6.07, 6.45) is 0.618. The highest BCUT2D eigenvalue weighted by atomic mass is 19.1. The first kappa shape index (κ1) is 14.0. The van der Waals surface area contributed by atoms with Gasteiger partial charge in [0.1, 0.15) is 23.7 Å². The molecule has 0 saturated heterocycles. The fourth-order valence-corrected chi connectivity index (χ4v) is 1.62. The number of nitrogens with one attached hydrogen (secondary N) is 2. The maximum atomic E-state index is 13.0. The van der Waals surface area contributed by atoms with E-state index in [2.05, 4.69) is 20.5 Å². The van der Waals surface area contributed by atoms with E-state index in [0.717, 1.165) is 0 Å². The van der Waals surface area contributed by atoms with Crippen molar-refractivity contribution in [2.24, 2.45) is 0 Å². The molecule has 1 aromatic carbocycles. The van der Waals surface area contributed by atoms with Gasteiger partial charge in [0.25, 0.3) is 5.91 Å². The molecule has 6 nitrogen and oxygen atoms in total. The lowest BCUT2D eigenvalue weighted by Crippen LogP contribution is -2.38. The number of amides is 1. The monoisotopic (exact) mass is 278 g/mol. The van der Waals surface area contributed by atoms with Crippen LogP contribution >= 0.6 is 0 Å². The smallest absolute Gasteiger partial charge is 0.261 e. The number of benzene rings is 1. The highest BCUT2D eigenvalue weighted by molar-refractivity contribution is 5.81. The highest BCUT2D eigenvalue weighted by Crippen LogP contribution is 2.14. The number of ether oxygens (including phenoxy) is 1. The number of carbonyl (C=O) groups excluding carboxylic acids is 1. The van der Waals surface area contributed by atoms with Crippen molar-refractivity contribution in [3.05, 3.63) is 42.2 Å². The van der Waals surface area contributed by atoms with Gasteiger partial charge in [-0.3, -0.25) is 9.89 Å². The molecule has 2 unspecified atom stereocenters. The minimum Gasteiger partial charge on any atom is -0.481 e. The predicted octanol–water partition coefficient (Wildman–Crippen LogP) is 1.59. The van der Waals surface area contributed by atoms with Crippen LogP contribution in [0.5, 0.6) is 5.75 Å². The second-order valence-electron chi connectivity index (χ2n) is 4.32. The Kier molecular flexibility index (Phi) is 4.29. The minimum atomic E-state index is -0.748. The number of carbonyl (C=O) groups is 1. The lowest BCUT2D eigenvalue weighted by molar-refractivity contribution is -0.128. The Morgan fingerprint density at radius 1 is 1.45 bits per heavy atom. The van der Waals surface area contributed by atoms with Crippen LogP contribution in [0.1, 0.15) is 25.7 Å². The lowest BCUT2D eigenvalue weighted by Gasteiger charge is -2.17. The van der Waals surface area contributed by atoms with E-state index in [1.165, 1.54) is 24.5 Å². The number of H-pyrrole nitrogens is 1. The maximum Gasteiger partial charge on any atom is 0.261 e. The van der Waals surface area contributed by atoms with Gasteiger partial charge in [-0.05, 0) is 26.0 Å². The molecule has 1 aromatic heterocycles. The number of aromatic nitrogens is 3. The molecule has 0 aliphatic heterocycles. The minimum absolute atomic E-state index is 0.306. The maximum absolute atomic E-state index is 13.0. The number of rotatable bonds is 5. The molecule has 106 valence electrons. The van der Waals surface area contributed by atoms with Gasteiger partial charge < -0.3 is 10.1 Å². The molecule has 0 saturated carbocycles. The molecule has 0 fully saturated rings. The SMILES string of the molecule is CC(Oc1cccc(F)c1)C(=O)NC(C)c1ncn[nH]1. The standard InChI is InChI=1S/C13H15FN4O2/c1-8(12-15-7-16-18-12)17-13(19)9(2)20-11-5-3-4-10(14)6-11/h3-9H,1-2H3,(H,17,19)(H,15,16,18). The van der Waals surface area contributed by atoms with E-state index >= 15 is 0 Å². The third kappa shape index (κ3) is 3.53. The van der Waals surface area contributed by atoms with Gasteiger partial charge >= 0.3 is 0 Å². The number of hydrogen-bond acceptors (Lipinski definition) is 4. The van der Waals surface area contributed by atoms with E-state index in [1.807, 2.05) is 0 Å². The zero-order valence-electron chi connectivity index (χ0n) is 11.1. The molecule has 7 heteroatoms. The van der Waals surface area contributed by atoms with Gasteiger partial charge in [0.05, 0.1) is 6.04 Å². The van der Waals surface area contributed by atoms with Crippen molar-refractivity contribution in [2.45, 2.75) is 26.0 Å². The second-order valence-corrected chi connectivity index (χ2v) is 4.32. The molecule has 1 amide bonds.